The Morgan fingerprint density at radius 1 is 1.00 bits per heavy atom. The Morgan fingerprint density at radius 2 is 1.71 bits per heavy atom. The second kappa shape index (κ2) is 6.96. The molecular formula is C21H19F3N2O2. The predicted molar refractivity (Wildman–Crippen MR) is 98.8 cm³/mol. The fourth-order valence-electron chi connectivity index (χ4n) is 3.79. The smallest absolute Gasteiger partial charge is 0.325 e. The molecule has 1 heterocycles. The molecule has 2 atom stereocenters. The molecule has 28 heavy (non-hydrogen) atoms. The molecule has 4 nitrogen and oxygen atoms in total. The molecule has 2 aromatic rings. The van der Waals surface area contributed by atoms with Gasteiger partial charge in [-0.05, 0) is 43.0 Å². The van der Waals surface area contributed by atoms with Crippen LogP contribution < -0.4 is 10.2 Å². The summed E-state index contributed by atoms with van der Waals surface area (Å²) in [7, 11) is 0. The summed E-state index contributed by atoms with van der Waals surface area (Å²) in [5.41, 5.74) is 0.799. The average Bonchev–Trinajstić information content (AvgIpc) is 3.47. The molecule has 2 aliphatic rings. The number of halogens is 3. The van der Waals surface area contributed by atoms with Gasteiger partial charge in [-0.3, -0.25) is 9.59 Å². The van der Waals surface area contributed by atoms with Gasteiger partial charge in [0.05, 0.1) is 23.1 Å². The molecule has 0 saturated heterocycles. The van der Waals surface area contributed by atoms with Gasteiger partial charge in [-0.25, -0.2) is 0 Å². The number of anilines is 2. The summed E-state index contributed by atoms with van der Waals surface area (Å²) >= 11 is 0. The van der Waals surface area contributed by atoms with Gasteiger partial charge in [0, 0.05) is 12.2 Å². The topological polar surface area (TPSA) is 49.4 Å². The minimum absolute atomic E-state index is 0.128. The molecule has 0 bridgehead atoms. The number of aryl methyl sites for hydroxylation is 1. The van der Waals surface area contributed by atoms with E-state index in [0.717, 1.165) is 30.2 Å². The van der Waals surface area contributed by atoms with Crippen molar-refractivity contribution in [2.24, 2.45) is 11.8 Å². The Balaban J connectivity index is 1.45. The van der Waals surface area contributed by atoms with E-state index in [1.165, 1.54) is 18.2 Å². The number of hydrogen-bond acceptors (Lipinski definition) is 2. The lowest BCUT2D eigenvalue weighted by atomic mass is 10.0. The van der Waals surface area contributed by atoms with Crippen LogP contribution in [0.1, 0.15) is 24.0 Å². The van der Waals surface area contributed by atoms with Gasteiger partial charge < -0.3 is 10.2 Å². The van der Waals surface area contributed by atoms with Crippen LogP contribution in [0, 0.1) is 11.8 Å². The predicted octanol–water partition coefficient (Wildman–Crippen LogP) is 4.26. The van der Waals surface area contributed by atoms with E-state index in [0.29, 0.717) is 13.0 Å². The summed E-state index contributed by atoms with van der Waals surface area (Å²) < 4.78 is 39.3. The van der Waals surface area contributed by atoms with Crippen molar-refractivity contribution in [3.8, 4) is 0 Å². The van der Waals surface area contributed by atoms with E-state index in [1.54, 1.807) is 4.90 Å². The van der Waals surface area contributed by atoms with Crippen LogP contribution in [0.4, 0.5) is 24.5 Å². The van der Waals surface area contributed by atoms with Gasteiger partial charge in [-0.1, -0.05) is 30.3 Å². The normalized spacial score (nSPS) is 21.0. The van der Waals surface area contributed by atoms with E-state index >= 15 is 0 Å². The third kappa shape index (κ3) is 3.48. The van der Waals surface area contributed by atoms with E-state index in [9.17, 15) is 22.8 Å². The third-order valence-corrected chi connectivity index (χ3v) is 5.31. The largest absolute Gasteiger partial charge is 0.418 e. The van der Waals surface area contributed by atoms with Crippen molar-refractivity contribution >= 4 is 23.2 Å². The minimum atomic E-state index is -4.56. The number of hydrogen-bond donors (Lipinski definition) is 1. The number of fused-ring (bicyclic) bond motifs is 1. The Bertz CT molecular complexity index is 926. The number of benzene rings is 2. The zero-order valence-electron chi connectivity index (χ0n) is 15.0. The SMILES string of the molecule is O=C(Nc1ccccc1C(F)(F)F)C1CC1C(=O)N1CCCc2ccccc21. The zero-order chi connectivity index (χ0) is 19.9. The van der Waals surface area contributed by atoms with E-state index in [1.807, 2.05) is 24.3 Å². The number of alkyl halides is 3. The molecule has 0 aromatic heterocycles. The van der Waals surface area contributed by atoms with Crippen LogP contribution in [0.15, 0.2) is 48.5 Å². The van der Waals surface area contributed by atoms with Gasteiger partial charge >= 0.3 is 6.18 Å². The Kier molecular flexibility index (Phi) is 4.61. The molecular weight excluding hydrogens is 369 g/mol. The molecule has 0 spiro atoms. The number of carbonyl (C=O) groups is 2. The molecule has 2 unspecified atom stereocenters. The number of rotatable bonds is 3. The quantitative estimate of drug-likeness (QED) is 0.854. The second-order valence-corrected chi connectivity index (χ2v) is 7.20. The second-order valence-electron chi connectivity index (χ2n) is 7.20. The summed E-state index contributed by atoms with van der Waals surface area (Å²) in [6.45, 7) is 0.595. The molecule has 1 aliphatic heterocycles. The molecule has 0 radical (unpaired) electrons. The number of carbonyl (C=O) groups excluding carboxylic acids is 2. The van der Waals surface area contributed by atoms with Gasteiger partial charge in [0.15, 0.2) is 0 Å². The summed E-state index contributed by atoms with van der Waals surface area (Å²) in [4.78, 5) is 27.0. The van der Waals surface area contributed by atoms with Crippen molar-refractivity contribution in [1.82, 2.24) is 0 Å². The van der Waals surface area contributed by atoms with Crippen LogP contribution in [-0.4, -0.2) is 18.4 Å². The number of nitrogens with zero attached hydrogens (tertiary/aromatic N) is 1. The highest BCUT2D eigenvalue weighted by molar-refractivity contribution is 6.05. The third-order valence-electron chi connectivity index (χ3n) is 5.31. The first-order chi connectivity index (χ1) is 13.4. The van der Waals surface area contributed by atoms with Crippen molar-refractivity contribution in [1.29, 1.82) is 0 Å². The number of para-hydroxylation sites is 2. The molecule has 1 fully saturated rings. The molecule has 146 valence electrons. The van der Waals surface area contributed by atoms with Crippen molar-refractivity contribution in [3.05, 3.63) is 59.7 Å². The van der Waals surface area contributed by atoms with Crippen molar-refractivity contribution < 1.29 is 22.8 Å². The van der Waals surface area contributed by atoms with E-state index in [2.05, 4.69) is 5.32 Å². The fraction of sp³-hybridized carbons (Fsp3) is 0.333. The number of nitrogens with one attached hydrogen (secondary N) is 1. The van der Waals surface area contributed by atoms with Crippen LogP contribution in [0.25, 0.3) is 0 Å². The highest BCUT2D eigenvalue weighted by Gasteiger charge is 2.50. The highest BCUT2D eigenvalue weighted by atomic mass is 19.4. The van der Waals surface area contributed by atoms with Gasteiger partial charge in [-0.15, -0.1) is 0 Å². The van der Waals surface area contributed by atoms with Crippen molar-refractivity contribution in [2.45, 2.75) is 25.4 Å². The van der Waals surface area contributed by atoms with E-state index in [4.69, 9.17) is 0 Å². The van der Waals surface area contributed by atoms with Gasteiger partial charge in [0.2, 0.25) is 11.8 Å². The summed E-state index contributed by atoms with van der Waals surface area (Å²) in [6.07, 6.45) is -2.44. The molecule has 1 saturated carbocycles. The van der Waals surface area contributed by atoms with Crippen molar-refractivity contribution in [3.63, 3.8) is 0 Å². The summed E-state index contributed by atoms with van der Waals surface area (Å²) in [6, 6.07) is 12.5. The lowest BCUT2D eigenvalue weighted by Gasteiger charge is -2.29. The van der Waals surface area contributed by atoms with Crippen LogP contribution >= 0.6 is 0 Å². The van der Waals surface area contributed by atoms with Crippen LogP contribution in [-0.2, 0) is 22.2 Å². The maximum Gasteiger partial charge on any atom is 0.418 e. The van der Waals surface area contributed by atoms with Gasteiger partial charge in [0.25, 0.3) is 0 Å². The Labute approximate surface area is 160 Å². The fourth-order valence-corrected chi connectivity index (χ4v) is 3.79. The van der Waals surface area contributed by atoms with E-state index < -0.39 is 29.5 Å². The lowest BCUT2D eigenvalue weighted by molar-refractivity contribution is -0.137. The zero-order valence-corrected chi connectivity index (χ0v) is 15.0. The monoisotopic (exact) mass is 388 g/mol. The Hall–Kier alpha value is -2.83. The van der Waals surface area contributed by atoms with Crippen molar-refractivity contribution in [2.75, 3.05) is 16.8 Å². The molecule has 7 heteroatoms. The minimum Gasteiger partial charge on any atom is -0.325 e. The van der Waals surface area contributed by atoms with Crippen LogP contribution in [0.2, 0.25) is 0 Å². The standard InChI is InChI=1S/C21H19F3N2O2/c22-21(23,24)16-8-2-3-9-17(16)25-19(27)14-12-15(14)20(28)26-11-5-7-13-6-1-4-10-18(13)26/h1-4,6,8-10,14-15H,5,7,11-12H2,(H,25,27). The Morgan fingerprint density at radius 3 is 2.50 bits per heavy atom. The van der Waals surface area contributed by atoms with Gasteiger partial charge in [0.1, 0.15) is 0 Å². The maximum atomic E-state index is 13.1. The molecule has 2 amide bonds. The van der Waals surface area contributed by atoms with E-state index in [-0.39, 0.29) is 11.6 Å². The molecule has 4 rings (SSSR count). The maximum absolute atomic E-state index is 13.1. The first-order valence-electron chi connectivity index (χ1n) is 9.22. The molecule has 1 aliphatic carbocycles. The summed E-state index contributed by atoms with van der Waals surface area (Å²) in [5.74, 6) is -1.75. The molecule has 2 aromatic carbocycles. The van der Waals surface area contributed by atoms with Gasteiger partial charge in [-0.2, -0.15) is 13.2 Å². The average molecular weight is 388 g/mol. The summed E-state index contributed by atoms with van der Waals surface area (Å²) in [5, 5.41) is 2.36. The van der Waals surface area contributed by atoms with Crippen LogP contribution in [0.3, 0.4) is 0 Å². The number of amides is 2. The molecule has 1 N–H and O–H groups in total. The highest BCUT2D eigenvalue weighted by Crippen LogP contribution is 2.43. The first-order valence-corrected chi connectivity index (χ1v) is 9.22. The lowest BCUT2D eigenvalue weighted by Crippen LogP contribution is -2.37. The first kappa shape index (κ1) is 18.5. The van der Waals surface area contributed by atoms with Crippen LogP contribution in [0.5, 0.6) is 0 Å².